The van der Waals surface area contributed by atoms with Gasteiger partial charge in [0.1, 0.15) is 11.6 Å². The van der Waals surface area contributed by atoms with Crippen LogP contribution in [0, 0.1) is 11.6 Å². The van der Waals surface area contributed by atoms with E-state index < -0.39 is 5.82 Å². The fraction of sp³-hybridized carbons (Fsp3) is 0.333. The van der Waals surface area contributed by atoms with Crippen LogP contribution >= 0.6 is 11.3 Å². The average molecular weight is 496 g/mol. The van der Waals surface area contributed by atoms with Gasteiger partial charge in [0.2, 0.25) is 5.91 Å². The van der Waals surface area contributed by atoms with Crippen LogP contribution in [0.1, 0.15) is 38.8 Å². The summed E-state index contributed by atoms with van der Waals surface area (Å²) >= 11 is 1.70. The maximum atomic E-state index is 14.1. The maximum Gasteiger partial charge on any atom is 0.256 e. The van der Waals surface area contributed by atoms with Crippen molar-refractivity contribution in [3.8, 4) is 0 Å². The van der Waals surface area contributed by atoms with Crippen LogP contribution in [0.5, 0.6) is 0 Å². The molecule has 3 heterocycles. The van der Waals surface area contributed by atoms with E-state index in [2.05, 4.69) is 16.3 Å². The fourth-order valence-corrected chi connectivity index (χ4v) is 5.96. The molecule has 1 saturated heterocycles. The van der Waals surface area contributed by atoms with Gasteiger partial charge in [0.05, 0.1) is 18.2 Å². The van der Waals surface area contributed by atoms with E-state index in [4.69, 9.17) is 0 Å². The third-order valence-corrected chi connectivity index (χ3v) is 7.81. The van der Waals surface area contributed by atoms with Crippen molar-refractivity contribution >= 4 is 23.2 Å². The molecule has 0 saturated carbocycles. The molecule has 1 fully saturated rings. The molecular formula is C27H27F2N3O2S. The van der Waals surface area contributed by atoms with Gasteiger partial charge >= 0.3 is 0 Å². The summed E-state index contributed by atoms with van der Waals surface area (Å²) in [4.78, 5) is 33.0. The number of thiophene rings is 1. The van der Waals surface area contributed by atoms with E-state index in [1.165, 1.54) is 23.1 Å². The molecule has 1 aromatic heterocycles. The Hall–Kier alpha value is -3.10. The average Bonchev–Trinajstić information content (AvgIpc) is 3.19. The van der Waals surface area contributed by atoms with E-state index in [-0.39, 0.29) is 35.8 Å². The highest BCUT2D eigenvalue weighted by molar-refractivity contribution is 7.10. The number of nitrogens with zero attached hydrogens (tertiary/aromatic N) is 3. The van der Waals surface area contributed by atoms with Gasteiger partial charge < -0.3 is 9.80 Å². The van der Waals surface area contributed by atoms with Gasteiger partial charge in [0, 0.05) is 37.6 Å². The Labute approximate surface area is 207 Å². The lowest BCUT2D eigenvalue weighted by Gasteiger charge is -2.37. The highest BCUT2D eigenvalue weighted by Gasteiger charge is 2.33. The zero-order chi connectivity index (χ0) is 24.4. The van der Waals surface area contributed by atoms with Crippen LogP contribution in [0.4, 0.5) is 8.78 Å². The molecule has 2 aliphatic rings. The number of hydrogen-bond donors (Lipinski definition) is 0. The number of halogens is 2. The molecule has 0 unspecified atom stereocenters. The fourth-order valence-electron chi connectivity index (χ4n) is 5.05. The quantitative estimate of drug-likeness (QED) is 0.541. The van der Waals surface area contributed by atoms with Gasteiger partial charge in [-0.25, -0.2) is 8.78 Å². The zero-order valence-corrected chi connectivity index (χ0v) is 20.1. The van der Waals surface area contributed by atoms with Crippen molar-refractivity contribution < 1.29 is 18.4 Å². The SMILES string of the molecule is O=C(CN1CCc2sccc2[C@@H]1c1cccc(F)c1)N1CCCN(C(=O)c2ccccc2F)CC1. The summed E-state index contributed by atoms with van der Waals surface area (Å²) in [6.45, 7) is 2.72. The third kappa shape index (κ3) is 4.99. The van der Waals surface area contributed by atoms with Crippen LogP contribution in [0.2, 0.25) is 0 Å². The summed E-state index contributed by atoms with van der Waals surface area (Å²) < 4.78 is 28.2. The molecule has 35 heavy (non-hydrogen) atoms. The first-order valence-electron chi connectivity index (χ1n) is 11.9. The largest absolute Gasteiger partial charge is 0.340 e. The van der Waals surface area contributed by atoms with Crippen LogP contribution in [0.3, 0.4) is 0 Å². The summed E-state index contributed by atoms with van der Waals surface area (Å²) in [6, 6.07) is 14.5. The van der Waals surface area contributed by atoms with Crippen LogP contribution < -0.4 is 0 Å². The Bertz CT molecular complexity index is 1230. The summed E-state index contributed by atoms with van der Waals surface area (Å²) in [5.41, 5.74) is 2.04. The van der Waals surface area contributed by atoms with Gasteiger partial charge in [-0.1, -0.05) is 24.3 Å². The predicted octanol–water partition coefficient (Wildman–Crippen LogP) is 4.35. The van der Waals surface area contributed by atoms with Gasteiger partial charge in [-0.2, -0.15) is 0 Å². The number of benzene rings is 2. The van der Waals surface area contributed by atoms with Crippen molar-refractivity contribution in [1.82, 2.24) is 14.7 Å². The maximum absolute atomic E-state index is 14.1. The van der Waals surface area contributed by atoms with Crippen LogP contribution in [0.25, 0.3) is 0 Å². The van der Waals surface area contributed by atoms with Gasteiger partial charge in [0.25, 0.3) is 5.91 Å². The van der Waals surface area contributed by atoms with E-state index in [0.717, 1.165) is 17.5 Å². The van der Waals surface area contributed by atoms with Crippen molar-refractivity contribution in [3.63, 3.8) is 0 Å². The second-order valence-corrected chi connectivity index (χ2v) is 9.98. The highest BCUT2D eigenvalue weighted by atomic mass is 32.1. The molecule has 0 radical (unpaired) electrons. The highest BCUT2D eigenvalue weighted by Crippen LogP contribution is 2.37. The topological polar surface area (TPSA) is 43.9 Å². The molecule has 0 bridgehead atoms. The summed E-state index contributed by atoms with van der Waals surface area (Å²) in [5.74, 6) is -1.17. The van der Waals surface area contributed by atoms with Crippen molar-refractivity contribution in [1.29, 1.82) is 0 Å². The molecule has 2 aromatic carbocycles. The minimum absolute atomic E-state index is 0.00901. The Kier molecular flexibility index (Phi) is 6.92. The molecule has 182 valence electrons. The van der Waals surface area contributed by atoms with Crippen LogP contribution in [-0.2, 0) is 11.2 Å². The molecule has 5 nitrogen and oxygen atoms in total. The Morgan fingerprint density at radius 3 is 2.54 bits per heavy atom. The molecule has 0 spiro atoms. The first-order valence-corrected chi connectivity index (χ1v) is 12.8. The molecule has 0 N–H and O–H groups in total. The predicted molar refractivity (Wildman–Crippen MR) is 131 cm³/mol. The lowest BCUT2D eigenvalue weighted by molar-refractivity contribution is -0.132. The van der Waals surface area contributed by atoms with Crippen molar-refractivity contribution in [2.45, 2.75) is 18.9 Å². The van der Waals surface area contributed by atoms with Crippen LogP contribution in [0.15, 0.2) is 60.0 Å². The smallest absolute Gasteiger partial charge is 0.256 e. The molecule has 8 heteroatoms. The molecule has 2 amide bonds. The monoisotopic (exact) mass is 495 g/mol. The summed E-state index contributed by atoms with van der Waals surface area (Å²) in [5, 5.41) is 2.05. The third-order valence-electron chi connectivity index (χ3n) is 6.81. The van der Waals surface area contributed by atoms with Gasteiger partial charge in [-0.05, 0) is 59.7 Å². The number of carbonyl (C=O) groups excluding carboxylic acids is 2. The Morgan fingerprint density at radius 1 is 0.914 bits per heavy atom. The van der Waals surface area contributed by atoms with E-state index in [1.54, 1.807) is 45.4 Å². The Morgan fingerprint density at radius 2 is 1.71 bits per heavy atom. The lowest BCUT2D eigenvalue weighted by atomic mass is 9.93. The second-order valence-electron chi connectivity index (χ2n) is 8.98. The normalized spacial score (nSPS) is 18.7. The number of hydrogen-bond acceptors (Lipinski definition) is 4. The number of amides is 2. The van der Waals surface area contributed by atoms with Gasteiger partial charge in [-0.15, -0.1) is 11.3 Å². The molecule has 2 aliphatic heterocycles. The standard InChI is InChI=1S/C27H27F2N3O2S/c28-20-6-3-5-19(17-20)26-22-10-16-35-24(22)9-13-32(26)18-25(33)30-11-4-12-31(15-14-30)27(34)21-7-1-2-8-23(21)29/h1-3,5-8,10,16-17,26H,4,9,11-15,18H2/t26-/m0/s1. The second kappa shape index (κ2) is 10.3. The minimum atomic E-state index is -0.532. The lowest BCUT2D eigenvalue weighted by Crippen LogP contribution is -2.45. The Balaban J connectivity index is 1.28. The van der Waals surface area contributed by atoms with Crippen molar-refractivity contribution in [2.24, 2.45) is 0 Å². The first-order chi connectivity index (χ1) is 17.0. The van der Waals surface area contributed by atoms with Gasteiger partial charge in [-0.3, -0.25) is 14.5 Å². The van der Waals surface area contributed by atoms with Crippen molar-refractivity contribution in [2.75, 3.05) is 39.3 Å². The van der Waals surface area contributed by atoms with Gasteiger partial charge in [0.15, 0.2) is 0 Å². The van der Waals surface area contributed by atoms with E-state index in [0.29, 0.717) is 39.1 Å². The number of rotatable bonds is 4. The molecule has 5 rings (SSSR count). The summed E-state index contributed by atoms with van der Waals surface area (Å²) in [7, 11) is 0. The number of fused-ring (bicyclic) bond motifs is 1. The molecule has 0 aliphatic carbocycles. The van der Waals surface area contributed by atoms with Crippen LogP contribution in [-0.4, -0.2) is 65.8 Å². The molecule has 1 atom stereocenters. The molecular weight excluding hydrogens is 468 g/mol. The zero-order valence-electron chi connectivity index (χ0n) is 19.3. The van der Waals surface area contributed by atoms with Crippen molar-refractivity contribution in [3.05, 3.63) is 93.2 Å². The number of carbonyl (C=O) groups is 2. The minimum Gasteiger partial charge on any atom is -0.340 e. The first kappa shape index (κ1) is 23.6. The molecule has 3 aromatic rings. The van der Waals surface area contributed by atoms with E-state index in [9.17, 15) is 18.4 Å². The summed E-state index contributed by atoms with van der Waals surface area (Å²) in [6.07, 6.45) is 1.49. The van der Waals surface area contributed by atoms with E-state index in [1.807, 2.05) is 6.07 Å². The van der Waals surface area contributed by atoms with E-state index >= 15 is 0 Å².